The molecule has 0 bridgehead atoms. The van der Waals surface area contributed by atoms with Gasteiger partial charge >= 0.3 is 12.2 Å². The highest BCUT2D eigenvalue weighted by Gasteiger charge is 2.44. The molecule has 2 fully saturated rings. The third-order valence-corrected chi connectivity index (χ3v) is 14.3. The van der Waals surface area contributed by atoms with Crippen molar-refractivity contribution >= 4 is 45.8 Å². The number of nitrogens with zero attached hydrogens (tertiary/aromatic N) is 4. The molecule has 5 aromatic rings. The van der Waals surface area contributed by atoms with Crippen molar-refractivity contribution in [1.82, 2.24) is 40.4 Å². The summed E-state index contributed by atoms with van der Waals surface area (Å²) in [5, 5.41) is 7.60. The minimum absolute atomic E-state index is 0.0359. The lowest BCUT2D eigenvalue weighted by atomic mass is 9.85. The van der Waals surface area contributed by atoms with Gasteiger partial charge in [0.25, 0.3) is 0 Å². The van der Waals surface area contributed by atoms with Crippen LogP contribution in [-0.4, -0.2) is 105 Å². The van der Waals surface area contributed by atoms with E-state index in [4.69, 9.17) is 28.9 Å². The standard InChI is InChI=1S/C51H66N8O8/c1-10-12-13-40(58(7)48(60)43(27(3)11-2)56-50(62)64-8)46-52-25-39(54-46)32-15-17-35-34(22-32)26-66-42-24-36-31(23-37(35)42)16-18-38-45(36)55-47(53-38)41-19-14-28(4)59(41)49(61)44(57-51(63)65-9)33-20-29(5)67-30(6)21-33/h15-18,22-25,27-30,33,40-41,43-44H,10-14,19-21,26H2,1-9H3,(H,52,54)(H,53,55)(H,56,62)(H,57,63)/t27-,28-,29+,30+,40-,41-,43-,44-/m0/s1. The normalized spacial score (nSPS) is 21.9. The van der Waals surface area contributed by atoms with Gasteiger partial charge in [0.05, 0.1) is 61.4 Å². The van der Waals surface area contributed by atoms with E-state index in [-0.39, 0.29) is 54.0 Å². The number of imidazole rings is 2. The molecule has 67 heavy (non-hydrogen) atoms. The minimum atomic E-state index is -0.757. The number of hydrogen-bond acceptors (Lipinski definition) is 10. The molecular formula is C51H66N8O8. The number of benzene rings is 3. The molecule has 3 aliphatic heterocycles. The maximum atomic E-state index is 14.6. The predicted molar refractivity (Wildman–Crippen MR) is 255 cm³/mol. The average Bonchev–Trinajstić information content (AvgIpc) is 4.09. The molecule has 8 rings (SSSR count). The first kappa shape index (κ1) is 47.3. The number of hydrogen-bond donors (Lipinski definition) is 4. The fourth-order valence-electron chi connectivity index (χ4n) is 10.5. The van der Waals surface area contributed by atoms with Crippen LogP contribution in [0.15, 0.2) is 48.7 Å². The number of amides is 4. The first-order chi connectivity index (χ1) is 32.2. The van der Waals surface area contributed by atoms with E-state index in [0.717, 1.165) is 81.2 Å². The quantitative estimate of drug-likeness (QED) is 0.0835. The maximum Gasteiger partial charge on any atom is 0.407 e. The molecule has 16 nitrogen and oxygen atoms in total. The Labute approximate surface area is 392 Å². The summed E-state index contributed by atoms with van der Waals surface area (Å²) in [4.78, 5) is 74.1. The predicted octanol–water partition coefficient (Wildman–Crippen LogP) is 9.11. The van der Waals surface area contributed by atoms with E-state index in [9.17, 15) is 19.2 Å². The van der Waals surface area contributed by atoms with Gasteiger partial charge in [0.2, 0.25) is 11.8 Å². The summed E-state index contributed by atoms with van der Waals surface area (Å²) < 4.78 is 22.3. The number of ether oxygens (including phenoxy) is 4. The number of carbonyl (C=O) groups excluding carboxylic acids is 4. The third-order valence-electron chi connectivity index (χ3n) is 14.3. The number of carbonyl (C=O) groups is 4. The van der Waals surface area contributed by atoms with Crippen molar-refractivity contribution in [1.29, 1.82) is 0 Å². The van der Waals surface area contributed by atoms with Crippen LogP contribution in [0.25, 0.3) is 44.2 Å². The summed E-state index contributed by atoms with van der Waals surface area (Å²) in [6.07, 6.45) is 6.57. The Hall–Kier alpha value is -6.16. The second-order valence-electron chi connectivity index (χ2n) is 18.9. The Morgan fingerprint density at radius 2 is 1.69 bits per heavy atom. The number of fused-ring (bicyclic) bond motifs is 6. The Morgan fingerprint density at radius 1 is 0.940 bits per heavy atom. The summed E-state index contributed by atoms with van der Waals surface area (Å²) in [5.41, 5.74) is 6.54. The number of nitrogens with one attached hydrogen (secondary N) is 4. The van der Waals surface area contributed by atoms with Gasteiger partial charge in [-0.05, 0) is 111 Å². The molecule has 0 aliphatic carbocycles. The van der Waals surface area contributed by atoms with Crippen LogP contribution in [0.4, 0.5) is 9.59 Å². The average molecular weight is 919 g/mol. The topological polar surface area (TPSA) is 193 Å². The van der Waals surface area contributed by atoms with Crippen LogP contribution in [0, 0.1) is 11.8 Å². The van der Waals surface area contributed by atoms with Crippen molar-refractivity contribution in [3.63, 3.8) is 0 Å². The number of H-pyrrole nitrogens is 2. The summed E-state index contributed by atoms with van der Waals surface area (Å²) in [6, 6.07) is 12.5. The lowest BCUT2D eigenvalue weighted by molar-refractivity contribution is -0.140. The van der Waals surface area contributed by atoms with Gasteiger partial charge in [0, 0.05) is 24.0 Å². The molecule has 5 heterocycles. The number of likely N-dealkylation sites (tertiary alicyclic amines) is 1. The van der Waals surface area contributed by atoms with Gasteiger partial charge in [-0.15, -0.1) is 0 Å². The first-order valence-electron chi connectivity index (χ1n) is 23.9. The van der Waals surface area contributed by atoms with Gasteiger partial charge in [-0.1, -0.05) is 58.2 Å². The highest BCUT2D eigenvalue weighted by molar-refractivity contribution is 6.07. The van der Waals surface area contributed by atoms with Crippen LogP contribution in [-0.2, 0) is 30.4 Å². The second-order valence-corrected chi connectivity index (χ2v) is 18.9. The summed E-state index contributed by atoms with van der Waals surface area (Å²) >= 11 is 0. The van der Waals surface area contributed by atoms with Crippen molar-refractivity contribution in [2.24, 2.45) is 11.8 Å². The maximum absolute atomic E-state index is 14.6. The first-order valence-corrected chi connectivity index (χ1v) is 23.9. The lowest BCUT2D eigenvalue weighted by Gasteiger charge is -2.39. The minimum Gasteiger partial charge on any atom is -0.488 e. The highest BCUT2D eigenvalue weighted by Crippen LogP contribution is 2.44. The highest BCUT2D eigenvalue weighted by atomic mass is 16.5. The monoisotopic (exact) mass is 919 g/mol. The van der Waals surface area contributed by atoms with Gasteiger partial charge in [0.1, 0.15) is 36.1 Å². The molecule has 0 unspecified atom stereocenters. The summed E-state index contributed by atoms with van der Waals surface area (Å²) in [6.45, 7) is 12.5. The van der Waals surface area contributed by atoms with E-state index in [2.05, 4.69) is 70.8 Å². The summed E-state index contributed by atoms with van der Waals surface area (Å²) in [5.74, 6) is 1.63. The van der Waals surface area contributed by atoms with Crippen molar-refractivity contribution in [3.05, 3.63) is 65.9 Å². The van der Waals surface area contributed by atoms with E-state index in [1.54, 1.807) is 11.9 Å². The van der Waals surface area contributed by atoms with E-state index < -0.39 is 24.3 Å². The number of aromatic amines is 2. The van der Waals surface area contributed by atoms with Crippen molar-refractivity contribution in [2.45, 2.75) is 142 Å². The zero-order valence-corrected chi connectivity index (χ0v) is 40.2. The molecule has 0 saturated carbocycles. The van der Waals surface area contributed by atoms with Crippen molar-refractivity contribution < 1.29 is 38.1 Å². The van der Waals surface area contributed by atoms with Crippen LogP contribution in [0.1, 0.15) is 122 Å². The number of unbranched alkanes of at least 4 members (excludes halogenated alkanes) is 1. The largest absolute Gasteiger partial charge is 0.488 e. The fourth-order valence-corrected chi connectivity index (χ4v) is 10.5. The third kappa shape index (κ3) is 9.54. The lowest BCUT2D eigenvalue weighted by Crippen LogP contribution is -2.55. The Morgan fingerprint density at radius 3 is 2.40 bits per heavy atom. The Kier molecular flexibility index (Phi) is 14.1. The molecule has 2 aromatic heterocycles. The molecule has 4 N–H and O–H groups in total. The van der Waals surface area contributed by atoms with E-state index >= 15 is 0 Å². The van der Waals surface area contributed by atoms with Crippen LogP contribution in [0.2, 0.25) is 0 Å². The van der Waals surface area contributed by atoms with Crippen molar-refractivity contribution in [3.8, 4) is 28.1 Å². The molecule has 8 atom stereocenters. The SMILES string of the molecule is CCCC[C@@H](c1ncc(-c2ccc3c(c2)COc2cc4c(ccc5[nH]c([C@@H]6CC[C@H](C)N6C(=O)[C@@H](NC(=O)OC)C6C[C@@H](C)O[C@H](C)C6)nc54)cc2-3)[nH]1)N(C)C(=O)[C@@H](NC(=O)OC)[C@@H](C)CC. The van der Waals surface area contributed by atoms with Crippen LogP contribution < -0.4 is 15.4 Å². The number of methoxy groups -OCH3 is 2. The zero-order chi connectivity index (χ0) is 47.7. The van der Waals surface area contributed by atoms with Gasteiger partial charge in [-0.3, -0.25) is 9.59 Å². The molecule has 4 amide bonds. The second kappa shape index (κ2) is 20.0. The molecule has 3 aromatic carbocycles. The van der Waals surface area contributed by atoms with Gasteiger partial charge in [-0.25, -0.2) is 19.6 Å². The number of aromatic nitrogens is 4. The number of alkyl carbamates (subject to hydrolysis) is 2. The fraction of sp³-hybridized carbons (Fsp3) is 0.529. The molecule has 16 heteroatoms. The van der Waals surface area contributed by atoms with Crippen LogP contribution in [0.3, 0.4) is 0 Å². The number of likely N-dealkylation sites (N-methyl/N-ethyl adjacent to an activating group) is 1. The Balaban J connectivity index is 1.05. The van der Waals surface area contributed by atoms with Gasteiger partial charge < -0.3 is 49.3 Å². The van der Waals surface area contributed by atoms with E-state index in [1.165, 1.54) is 14.2 Å². The van der Waals surface area contributed by atoms with Gasteiger partial charge in [0.15, 0.2) is 0 Å². The molecule has 3 aliphatic rings. The van der Waals surface area contributed by atoms with Crippen LogP contribution in [0.5, 0.6) is 5.75 Å². The zero-order valence-electron chi connectivity index (χ0n) is 40.2. The smallest absolute Gasteiger partial charge is 0.407 e. The molecule has 358 valence electrons. The molecule has 0 spiro atoms. The molecule has 0 radical (unpaired) electrons. The Bertz CT molecular complexity index is 2620. The van der Waals surface area contributed by atoms with E-state index in [0.29, 0.717) is 43.9 Å². The summed E-state index contributed by atoms with van der Waals surface area (Å²) in [7, 11) is 4.39. The molecular weight excluding hydrogens is 853 g/mol. The van der Waals surface area contributed by atoms with Crippen molar-refractivity contribution in [2.75, 3.05) is 21.3 Å². The number of rotatable bonds is 14. The van der Waals surface area contributed by atoms with Crippen LogP contribution >= 0.6 is 0 Å². The molecule has 2 saturated heterocycles. The van der Waals surface area contributed by atoms with Gasteiger partial charge in [-0.2, -0.15) is 0 Å². The van der Waals surface area contributed by atoms with E-state index in [1.807, 2.05) is 44.9 Å².